The molecule has 3 heterocycles. The average Bonchev–Trinajstić information content (AvgIpc) is 3.37. The normalized spacial score (nSPS) is 10.7. The first-order valence-electron chi connectivity index (χ1n) is 8.45. The van der Waals surface area contributed by atoms with Gasteiger partial charge in [0.05, 0.1) is 53.6 Å². The van der Waals surface area contributed by atoms with Crippen molar-refractivity contribution in [1.82, 2.24) is 25.1 Å². The molecular formula is C20H17N5O2. The van der Waals surface area contributed by atoms with Gasteiger partial charge in [0.1, 0.15) is 0 Å². The van der Waals surface area contributed by atoms with E-state index in [9.17, 15) is 4.79 Å². The molecular weight excluding hydrogens is 342 g/mol. The highest BCUT2D eigenvalue weighted by Crippen LogP contribution is 2.20. The molecule has 0 radical (unpaired) electrons. The average molecular weight is 359 g/mol. The van der Waals surface area contributed by atoms with Crippen LogP contribution in [0.15, 0.2) is 71.9 Å². The van der Waals surface area contributed by atoms with Crippen molar-refractivity contribution in [2.24, 2.45) is 0 Å². The molecule has 1 N–H and O–H groups in total. The second kappa shape index (κ2) is 7.25. The Morgan fingerprint density at radius 2 is 1.96 bits per heavy atom. The molecule has 0 aliphatic rings. The molecule has 0 saturated heterocycles. The molecule has 0 unspecified atom stereocenters. The molecule has 0 fully saturated rings. The Morgan fingerprint density at radius 3 is 2.74 bits per heavy atom. The van der Waals surface area contributed by atoms with Crippen molar-refractivity contribution in [2.45, 2.75) is 13.5 Å². The maximum atomic E-state index is 12.7. The SMILES string of the molecule is Cc1c(C(=O)NCc2nccnc2-c2ccoc2)cnn1-c1ccccc1. The van der Waals surface area contributed by atoms with E-state index in [2.05, 4.69) is 20.4 Å². The quantitative estimate of drug-likeness (QED) is 0.591. The molecule has 3 aromatic heterocycles. The van der Waals surface area contributed by atoms with Gasteiger partial charge in [0.25, 0.3) is 5.91 Å². The number of aromatic nitrogens is 4. The van der Waals surface area contributed by atoms with Crippen LogP contribution in [0.5, 0.6) is 0 Å². The van der Waals surface area contributed by atoms with Crippen molar-refractivity contribution in [3.8, 4) is 16.9 Å². The smallest absolute Gasteiger partial charge is 0.255 e. The molecule has 0 spiro atoms. The Morgan fingerprint density at radius 1 is 1.15 bits per heavy atom. The molecule has 134 valence electrons. The highest BCUT2D eigenvalue weighted by molar-refractivity contribution is 5.95. The third-order valence-corrected chi connectivity index (χ3v) is 4.24. The van der Waals surface area contributed by atoms with Crippen molar-refractivity contribution in [2.75, 3.05) is 0 Å². The van der Waals surface area contributed by atoms with Gasteiger partial charge in [-0.25, -0.2) is 4.68 Å². The van der Waals surface area contributed by atoms with Crippen LogP contribution in [-0.4, -0.2) is 25.7 Å². The van der Waals surface area contributed by atoms with Gasteiger partial charge < -0.3 is 9.73 Å². The van der Waals surface area contributed by atoms with E-state index in [1.165, 1.54) is 0 Å². The molecule has 1 aromatic carbocycles. The van der Waals surface area contributed by atoms with Crippen molar-refractivity contribution >= 4 is 5.91 Å². The molecule has 0 atom stereocenters. The topological polar surface area (TPSA) is 85.8 Å². The van der Waals surface area contributed by atoms with Gasteiger partial charge in [-0.2, -0.15) is 5.10 Å². The van der Waals surface area contributed by atoms with Crippen LogP contribution in [0.4, 0.5) is 0 Å². The lowest BCUT2D eigenvalue weighted by molar-refractivity contribution is 0.0950. The summed E-state index contributed by atoms with van der Waals surface area (Å²) in [5, 5.41) is 7.23. The van der Waals surface area contributed by atoms with Crippen LogP contribution < -0.4 is 5.32 Å². The van der Waals surface area contributed by atoms with Gasteiger partial charge in [-0.3, -0.25) is 14.8 Å². The van der Waals surface area contributed by atoms with E-state index < -0.39 is 0 Å². The lowest BCUT2D eigenvalue weighted by Gasteiger charge is -2.08. The summed E-state index contributed by atoms with van der Waals surface area (Å²) in [6.45, 7) is 2.12. The number of amides is 1. The Balaban J connectivity index is 1.53. The summed E-state index contributed by atoms with van der Waals surface area (Å²) in [6, 6.07) is 11.5. The van der Waals surface area contributed by atoms with Gasteiger partial charge in [0, 0.05) is 18.0 Å². The summed E-state index contributed by atoms with van der Waals surface area (Å²) in [4.78, 5) is 21.3. The van der Waals surface area contributed by atoms with Crippen molar-refractivity contribution in [3.63, 3.8) is 0 Å². The minimum absolute atomic E-state index is 0.210. The molecule has 0 aliphatic heterocycles. The van der Waals surface area contributed by atoms with E-state index in [0.29, 0.717) is 17.0 Å². The van der Waals surface area contributed by atoms with E-state index in [-0.39, 0.29) is 12.5 Å². The predicted octanol–water partition coefficient (Wildman–Crippen LogP) is 3.16. The summed E-state index contributed by atoms with van der Waals surface area (Å²) < 4.78 is 6.86. The minimum Gasteiger partial charge on any atom is -0.472 e. The fourth-order valence-corrected chi connectivity index (χ4v) is 2.86. The molecule has 1 amide bonds. The zero-order valence-corrected chi connectivity index (χ0v) is 14.7. The maximum absolute atomic E-state index is 12.7. The second-order valence-electron chi connectivity index (χ2n) is 5.94. The van der Waals surface area contributed by atoms with E-state index in [1.54, 1.807) is 35.8 Å². The summed E-state index contributed by atoms with van der Waals surface area (Å²) in [5.74, 6) is -0.210. The number of benzene rings is 1. The third kappa shape index (κ3) is 3.35. The van der Waals surface area contributed by atoms with Gasteiger partial charge in [-0.05, 0) is 25.1 Å². The molecule has 0 aliphatic carbocycles. The molecule has 4 aromatic rings. The predicted molar refractivity (Wildman–Crippen MR) is 99.2 cm³/mol. The lowest BCUT2D eigenvalue weighted by atomic mass is 10.2. The summed E-state index contributed by atoms with van der Waals surface area (Å²) in [6.07, 6.45) is 7.97. The monoisotopic (exact) mass is 359 g/mol. The minimum atomic E-state index is -0.210. The highest BCUT2D eigenvalue weighted by atomic mass is 16.3. The van der Waals surface area contributed by atoms with Crippen LogP contribution in [0, 0.1) is 6.92 Å². The first-order valence-corrected chi connectivity index (χ1v) is 8.45. The van der Waals surface area contributed by atoms with Crippen LogP contribution in [0.2, 0.25) is 0 Å². The van der Waals surface area contributed by atoms with Crippen molar-refractivity contribution < 1.29 is 9.21 Å². The third-order valence-electron chi connectivity index (χ3n) is 4.24. The Bertz CT molecular complexity index is 1060. The molecule has 7 nitrogen and oxygen atoms in total. The van der Waals surface area contributed by atoms with Crippen LogP contribution in [0.1, 0.15) is 21.7 Å². The van der Waals surface area contributed by atoms with E-state index >= 15 is 0 Å². The van der Waals surface area contributed by atoms with Crippen LogP contribution in [0.25, 0.3) is 16.9 Å². The number of hydrogen-bond acceptors (Lipinski definition) is 5. The van der Waals surface area contributed by atoms with Gasteiger partial charge in [-0.1, -0.05) is 18.2 Å². The zero-order chi connectivity index (χ0) is 18.6. The van der Waals surface area contributed by atoms with Gasteiger partial charge >= 0.3 is 0 Å². The Kier molecular flexibility index (Phi) is 4.49. The number of carbonyl (C=O) groups is 1. The highest BCUT2D eigenvalue weighted by Gasteiger charge is 2.16. The fourth-order valence-electron chi connectivity index (χ4n) is 2.86. The molecule has 4 rings (SSSR count). The van der Waals surface area contributed by atoms with Crippen molar-refractivity contribution in [1.29, 1.82) is 0 Å². The number of hydrogen-bond donors (Lipinski definition) is 1. The van der Waals surface area contributed by atoms with Crippen LogP contribution in [0.3, 0.4) is 0 Å². The number of rotatable bonds is 5. The Hall–Kier alpha value is -3.74. The lowest BCUT2D eigenvalue weighted by Crippen LogP contribution is -2.24. The van der Waals surface area contributed by atoms with Crippen LogP contribution in [-0.2, 0) is 6.54 Å². The number of furan rings is 1. The largest absolute Gasteiger partial charge is 0.472 e. The summed E-state index contributed by atoms with van der Waals surface area (Å²) in [5.41, 5.74) is 4.37. The summed E-state index contributed by atoms with van der Waals surface area (Å²) in [7, 11) is 0. The van der Waals surface area contributed by atoms with Gasteiger partial charge in [0.2, 0.25) is 0 Å². The fraction of sp³-hybridized carbons (Fsp3) is 0.100. The van der Waals surface area contributed by atoms with Crippen LogP contribution >= 0.6 is 0 Å². The van der Waals surface area contributed by atoms with E-state index in [4.69, 9.17) is 4.42 Å². The zero-order valence-electron chi connectivity index (χ0n) is 14.7. The van der Waals surface area contributed by atoms with Gasteiger partial charge in [0.15, 0.2) is 0 Å². The number of nitrogens with zero attached hydrogens (tertiary/aromatic N) is 4. The maximum Gasteiger partial charge on any atom is 0.255 e. The van der Waals surface area contributed by atoms with E-state index in [1.807, 2.05) is 43.3 Å². The molecule has 0 saturated carbocycles. The van der Waals surface area contributed by atoms with Crippen molar-refractivity contribution in [3.05, 3.63) is 84.5 Å². The Labute approximate surface area is 155 Å². The summed E-state index contributed by atoms with van der Waals surface area (Å²) >= 11 is 0. The number of carbonyl (C=O) groups excluding carboxylic acids is 1. The molecule has 0 bridgehead atoms. The standard InChI is InChI=1S/C20H17N5O2/c1-14-17(11-24-25(14)16-5-3-2-4-6-16)20(26)23-12-18-19(22-9-8-21-18)15-7-10-27-13-15/h2-11,13H,12H2,1H3,(H,23,26). The molecule has 7 heteroatoms. The van der Waals surface area contributed by atoms with E-state index in [0.717, 1.165) is 16.9 Å². The molecule has 27 heavy (non-hydrogen) atoms. The first-order chi connectivity index (χ1) is 13.2. The van der Waals surface area contributed by atoms with Gasteiger partial charge in [-0.15, -0.1) is 0 Å². The number of nitrogens with one attached hydrogen (secondary N) is 1. The second-order valence-corrected chi connectivity index (χ2v) is 5.94. The number of para-hydroxylation sites is 1. The first kappa shape index (κ1) is 16.7.